The summed E-state index contributed by atoms with van der Waals surface area (Å²) >= 11 is 1.53. The molecule has 0 unspecified atom stereocenters. The second kappa shape index (κ2) is 6.66. The Bertz CT molecular complexity index is 844. The zero-order valence-electron chi connectivity index (χ0n) is 13.5. The van der Waals surface area contributed by atoms with Crippen LogP contribution in [0.15, 0.2) is 23.8 Å². The summed E-state index contributed by atoms with van der Waals surface area (Å²) in [6.45, 7) is 1.79. The number of nitrogens with two attached hydrogens (primary N) is 1. The maximum Gasteiger partial charge on any atom is 0.164 e. The summed E-state index contributed by atoms with van der Waals surface area (Å²) < 4.78 is 13.3. The Balaban J connectivity index is 2.01. The number of phenols is 1. The molecular weight excluding hydrogens is 323 g/mol. The first-order chi connectivity index (χ1) is 11.5. The number of aromatic nitrogens is 1. The van der Waals surface area contributed by atoms with E-state index in [9.17, 15) is 9.50 Å². The van der Waals surface area contributed by atoms with Gasteiger partial charge in [-0.15, -0.1) is 17.8 Å². The van der Waals surface area contributed by atoms with Gasteiger partial charge in [-0.05, 0) is 43.9 Å². The van der Waals surface area contributed by atoms with Crippen molar-refractivity contribution in [2.75, 3.05) is 0 Å². The molecule has 1 heterocycles. The summed E-state index contributed by atoms with van der Waals surface area (Å²) in [5.74, 6) is 2.34. The Labute approximate surface area is 145 Å². The minimum absolute atomic E-state index is 0.382. The van der Waals surface area contributed by atoms with Gasteiger partial charge in [-0.25, -0.2) is 9.37 Å². The van der Waals surface area contributed by atoms with Crippen molar-refractivity contribution in [3.8, 4) is 28.7 Å². The fourth-order valence-corrected chi connectivity index (χ4v) is 3.59. The maximum atomic E-state index is 13.3. The summed E-state index contributed by atoms with van der Waals surface area (Å²) in [4.78, 5) is 5.72. The van der Waals surface area contributed by atoms with Crippen molar-refractivity contribution in [2.24, 2.45) is 11.7 Å². The molecule has 0 radical (unpaired) electrons. The first-order valence-corrected chi connectivity index (χ1v) is 8.73. The van der Waals surface area contributed by atoms with Crippen molar-refractivity contribution in [1.29, 1.82) is 0 Å². The molecular formula is C19H19FN2OS. The van der Waals surface area contributed by atoms with E-state index in [1.165, 1.54) is 36.3 Å². The van der Waals surface area contributed by atoms with Gasteiger partial charge < -0.3 is 10.8 Å². The van der Waals surface area contributed by atoms with Crippen molar-refractivity contribution in [3.05, 3.63) is 40.2 Å². The molecule has 5 heteroatoms. The highest BCUT2D eigenvalue weighted by molar-refractivity contribution is 7.15. The molecule has 1 fully saturated rings. The number of aromatic hydroxyl groups is 1. The molecule has 3 nitrogen and oxygen atoms in total. The van der Waals surface area contributed by atoms with E-state index >= 15 is 0 Å². The van der Waals surface area contributed by atoms with Crippen LogP contribution in [0, 0.1) is 24.1 Å². The quantitative estimate of drug-likeness (QED) is 0.796. The van der Waals surface area contributed by atoms with E-state index in [2.05, 4.69) is 10.9 Å². The molecule has 3 N–H and O–H groups in total. The molecule has 0 aliphatic heterocycles. The first kappa shape index (κ1) is 16.5. The molecule has 1 aliphatic rings. The lowest BCUT2D eigenvalue weighted by molar-refractivity contribution is 0.433. The molecule has 24 heavy (non-hydrogen) atoms. The zero-order valence-corrected chi connectivity index (χ0v) is 14.3. The van der Waals surface area contributed by atoms with Crippen LogP contribution in [0.3, 0.4) is 0 Å². The lowest BCUT2D eigenvalue weighted by Gasteiger charge is -2.03. The zero-order chi connectivity index (χ0) is 17.3. The molecule has 1 aromatic carbocycles. The highest BCUT2D eigenvalue weighted by Gasteiger charge is 2.23. The van der Waals surface area contributed by atoms with Crippen molar-refractivity contribution in [3.63, 3.8) is 0 Å². The number of allylic oxidation sites excluding steroid dienone is 1. The monoisotopic (exact) mass is 342 g/mol. The number of benzene rings is 1. The number of phenolic OH excluding ortho intramolecular Hbond substituents is 1. The third kappa shape index (κ3) is 3.44. The minimum atomic E-state index is -0.646. The molecule has 1 saturated carbocycles. The average molecular weight is 342 g/mol. The van der Waals surface area contributed by atoms with E-state index in [-0.39, 0.29) is 5.75 Å². The normalized spacial score (nSPS) is 15.0. The van der Waals surface area contributed by atoms with E-state index in [0.717, 1.165) is 29.3 Å². The summed E-state index contributed by atoms with van der Waals surface area (Å²) in [6, 6.07) is 4.23. The van der Waals surface area contributed by atoms with Crippen molar-refractivity contribution in [1.82, 2.24) is 4.98 Å². The van der Waals surface area contributed by atoms with Gasteiger partial charge in [0.2, 0.25) is 0 Å². The fourth-order valence-electron chi connectivity index (χ4n) is 2.50. The summed E-state index contributed by atoms with van der Waals surface area (Å²) in [7, 11) is 0. The van der Waals surface area contributed by atoms with Crippen LogP contribution in [-0.4, -0.2) is 10.1 Å². The lowest BCUT2D eigenvalue weighted by atomic mass is 10.1. The Hall–Kier alpha value is -2.32. The van der Waals surface area contributed by atoms with E-state index in [1.807, 2.05) is 0 Å². The Morgan fingerprint density at radius 2 is 2.25 bits per heavy atom. The van der Waals surface area contributed by atoms with E-state index in [4.69, 9.17) is 12.2 Å². The number of rotatable bonds is 5. The first-order valence-electron chi connectivity index (χ1n) is 7.91. The van der Waals surface area contributed by atoms with E-state index in [1.54, 1.807) is 13.0 Å². The Kier molecular flexibility index (Phi) is 4.59. The van der Waals surface area contributed by atoms with Crippen molar-refractivity contribution < 1.29 is 9.50 Å². The van der Waals surface area contributed by atoms with Crippen molar-refractivity contribution in [2.45, 2.75) is 32.6 Å². The van der Waals surface area contributed by atoms with Gasteiger partial charge in [0.15, 0.2) is 11.6 Å². The van der Waals surface area contributed by atoms with Crippen LogP contribution in [0.2, 0.25) is 0 Å². The third-order valence-electron chi connectivity index (χ3n) is 4.24. The van der Waals surface area contributed by atoms with Crippen LogP contribution in [-0.2, 0) is 6.42 Å². The largest absolute Gasteiger partial charge is 0.505 e. The van der Waals surface area contributed by atoms with Crippen LogP contribution in [0.4, 0.5) is 4.39 Å². The van der Waals surface area contributed by atoms with Crippen LogP contribution in [0.25, 0.3) is 16.3 Å². The third-order valence-corrected chi connectivity index (χ3v) is 5.41. The molecule has 0 atom stereocenters. The SMILES string of the molecule is C#C/C(C)=C(/N)c1nc(-c2ccc(F)c(O)c2)sc1CCC1CC1. The fraction of sp³-hybridized carbons (Fsp3) is 0.316. The summed E-state index contributed by atoms with van der Waals surface area (Å²) in [6.07, 6.45) is 10.1. The molecule has 0 amide bonds. The molecule has 0 spiro atoms. The number of hydrogen-bond acceptors (Lipinski definition) is 4. The second-order valence-corrected chi connectivity index (χ2v) is 7.21. The molecule has 0 bridgehead atoms. The van der Waals surface area contributed by atoms with E-state index in [0.29, 0.717) is 21.8 Å². The number of nitrogens with zero attached hydrogens (tertiary/aromatic N) is 1. The predicted molar refractivity (Wildman–Crippen MR) is 95.8 cm³/mol. The molecule has 124 valence electrons. The number of terminal acetylenes is 1. The lowest BCUT2D eigenvalue weighted by Crippen LogP contribution is -2.03. The maximum absolute atomic E-state index is 13.3. The minimum Gasteiger partial charge on any atom is -0.505 e. The Morgan fingerprint density at radius 1 is 1.50 bits per heavy atom. The second-order valence-electron chi connectivity index (χ2n) is 6.12. The molecule has 1 aliphatic carbocycles. The molecule has 2 aromatic rings. The van der Waals surface area contributed by atoms with Gasteiger partial charge in [0, 0.05) is 16.0 Å². The van der Waals surface area contributed by atoms with Gasteiger partial charge in [-0.3, -0.25) is 0 Å². The van der Waals surface area contributed by atoms with Gasteiger partial charge in [0.25, 0.3) is 0 Å². The van der Waals surface area contributed by atoms with Gasteiger partial charge in [0.1, 0.15) is 10.7 Å². The molecule has 1 aromatic heterocycles. The van der Waals surface area contributed by atoms with Crippen LogP contribution in [0.5, 0.6) is 5.75 Å². The number of hydrogen-bond donors (Lipinski definition) is 2. The molecule has 3 rings (SSSR count). The van der Waals surface area contributed by atoms with Crippen LogP contribution in [0.1, 0.15) is 36.8 Å². The van der Waals surface area contributed by atoms with Crippen molar-refractivity contribution >= 4 is 17.0 Å². The number of halogens is 1. The van der Waals surface area contributed by atoms with Gasteiger partial charge in [-0.1, -0.05) is 18.8 Å². The highest BCUT2D eigenvalue weighted by Crippen LogP contribution is 2.38. The highest BCUT2D eigenvalue weighted by atomic mass is 32.1. The van der Waals surface area contributed by atoms with E-state index < -0.39 is 5.82 Å². The van der Waals surface area contributed by atoms with Gasteiger partial charge in [0.05, 0.1) is 5.70 Å². The predicted octanol–water partition coefficient (Wildman–Crippen LogP) is 4.32. The smallest absolute Gasteiger partial charge is 0.164 e. The van der Waals surface area contributed by atoms with Crippen LogP contribution < -0.4 is 5.73 Å². The van der Waals surface area contributed by atoms with Crippen LogP contribution >= 0.6 is 11.3 Å². The van der Waals surface area contributed by atoms with Gasteiger partial charge in [-0.2, -0.15) is 0 Å². The Morgan fingerprint density at radius 3 is 2.88 bits per heavy atom. The summed E-state index contributed by atoms with van der Waals surface area (Å²) in [5, 5.41) is 10.3. The number of aryl methyl sites for hydroxylation is 1. The topological polar surface area (TPSA) is 59.1 Å². The summed E-state index contributed by atoms with van der Waals surface area (Å²) in [5.41, 5.74) is 8.74. The molecule has 0 saturated heterocycles. The average Bonchev–Trinajstić information content (AvgIpc) is 3.32. The standard InChI is InChI=1S/C19H19FN2OS/c1-3-11(2)17(21)18-16(9-6-12-4-5-12)24-19(22-18)13-7-8-14(20)15(23)10-13/h1,7-8,10,12,23H,4-6,9,21H2,2H3/b17-11+. The number of thiazole rings is 1. The van der Waals surface area contributed by atoms with Gasteiger partial charge >= 0.3 is 0 Å².